The van der Waals surface area contributed by atoms with Gasteiger partial charge in [-0.25, -0.2) is 13.1 Å². The highest BCUT2D eigenvalue weighted by molar-refractivity contribution is 7.89. The van der Waals surface area contributed by atoms with E-state index < -0.39 is 10.0 Å². The summed E-state index contributed by atoms with van der Waals surface area (Å²) < 4.78 is 28.4. The Morgan fingerprint density at radius 3 is 2.71 bits per heavy atom. The molecule has 3 N–H and O–H groups in total. The van der Waals surface area contributed by atoms with E-state index in [-0.39, 0.29) is 21.5 Å². The number of aryl methyl sites for hydroxylation is 1. The van der Waals surface area contributed by atoms with E-state index in [1.807, 2.05) is 0 Å². The van der Waals surface area contributed by atoms with Gasteiger partial charge in [-0.1, -0.05) is 23.8 Å². The summed E-state index contributed by atoms with van der Waals surface area (Å²) in [5, 5.41) is 4.29. The summed E-state index contributed by atoms with van der Waals surface area (Å²) in [7, 11) is -1.93. The number of hydrogen-bond acceptors (Lipinski definition) is 4. The van der Waals surface area contributed by atoms with E-state index >= 15 is 0 Å². The second-order valence-electron chi connectivity index (χ2n) is 4.31. The fraction of sp³-hybridized carbons (Fsp3) is 0.167. The van der Waals surface area contributed by atoms with Crippen LogP contribution in [0.25, 0.3) is 0 Å². The van der Waals surface area contributed by atoms with E-state index in [9.17, 15) is 8.42 Å². The minimum atomic E-state index is -3.68. The molecule has 2 rings (SSSR count). The normalized spacial score (nSPS) is 11.5. The summed E-state index contributed by atoms with van der Waals surface area (Å²) in [5.41, 5.74) is 6.54. The van der Waals surface area contributed by atoms with Crippen molar-refractivity contribution >= 4 is 38.8 Å². The Morgan fingerprint density at radius 1 is 1.48 bits per heavy atom. The van der Waals surface area contributed by atoms with Crippen LogP contribution >= 0.6 is 23.8 Å². The highest BCUT2D eigenvalue weighted by atomic mass is 35.5. The molecule has 0 radical (unpaired) electrons. The molecule has 1 aromatic carbocycles. The third-order valence-corrected chi connectivity index (χ3v) is 4.66. The number of halogens is 1. The lowest BCUT2D eigenvalue weighted by atomic mass is 10.2. The summed E-state index contributed by atoms with van der Waals surface area (Å²) in [5.74, 6) is 0. The number of nitrogens with two attached hydrogens (primary N) is 1. The zero-order valence-corrected chi connectivity index (χ0v) is 13.5. The number of sulfonamides is 1. The minimum Gasteiger partial charge on any atom is -0.389 e. The molecule has 0 amide bonds. The lowest BCUT2D eigenvalue weighted by molar-refractivity contribution is 0.579. The molecule has 9 heteroatoms. The minimum absolute atomic E-state index is 0.0448. The zero-order valence-electron chi connectivity index (χ0n) is 11.1. The number of hydrogen-bond donors (Lipinski definition) is 2. The summed E-state index contributed by atoms with van der Waals surface area (Å²) in [6.45, 7) is 0.0951. The molecule has 2 aromatic rings. The summed E-state index contributed by atoms with van der Waals surface area (Å²) >= 11 is 10.8. The van der Waals surface area contributed by atoms with E-state index in [0.717, 1.165) is 0 Å². The molecule has 6 nitrogen and oxygen atoms in total. The molecule has 0 fully saturated rings. The number of nitrogens with zero attached hydrogens (tertiary/aromatic N) is 2. The first kappa shape index (κ1) is 15.9. The van der Waals surface area contributed by atoms with Crippen molar-refractivity contribution in [3.63, 3.8) is 0 Å². The van der Waals surface area contributed by atoms with Crippen molar-refractivity contribution in [2.45, 2.75) is 11.4 Å². The fourth-order valence-corrected chi connectivity index (χ4v) is 3.28. The highest BCUT2D eigenvalue weighted by Crippen LogP contribution is 2.21. The predicted octanol–water partition coefficient (Wildman–Crippen LogP) is 1.19. The van der Waals surface area contributed by atoms with E-state index in [4.69, 9.17) is 29.6 Å². The molecular formula is C12H13ClN4O2S2. The van der Waals surface area contributed by atoms with Crippen molar-refractivity contribution in [3.05, 3.63) is 46.7 Å². The molecule has 0 bridgehead atoms. The smallest absolute Gasteiger partial charge is 0.240 e. The Kier molecular flexibility index (Phi) is 4.62. The van der Waals surface area contributed by atoms with Crippen molar-refractivity contribution in [1.82, 2.24) is 14.5 Å². The van der Waals surface area contributed by atoms with Crippen LogP contribution in [0.3, 0.4) is 0 Å². The SMILES string of the molecule is Cn1ccc(CNS(=O)(=O)c2ccc(C(N)=S)c(Cl)c2)n1. The summed E-state index contributed by atoms with van der Waals surface area (Å²) in [4.78, 5) is 0.161. The van der Waals surface area contributed by atoms with Gasteiger partial charge in [0.15, 0.2) is 0 Å². The number of thiocarbonyl (C=S) groups is 1. The van der Waals surface area contributed by atoms with Crippen LogP contribution in [-0.4, -0.2) is 23.2 Å². The maximum absolute atomic E-state index is 12.2. The maximum atomic E-state index is 12.2. The second kappa shape index (κ2) is 6.10. The quantitative estimate of drug-likeness (QED) is 0.795. The van der Waals surface area contributed by atoms with E-state index in [2.05, 4.69) is 9.82 Å². The summed E-state index contributed by atoms with van der Waals surface area (Å²) in [6.07, 6.45) is 1.73. The van der Waals surface area contributed by atoms with Gasteiger partial charge in [0.2, 0.25) is 10.0 Å². The van der Waals surface area contributed by atoms with E-state index in [1.165, 1.54) is 18.2 Å². The van der Waals surface area contributed by atoms with Crippen LogP contribution in [0, 0.1) is 0 Å². The molecule has 0 aliphatic rings. The van der Waals surface area contributed by atoms with Gasteiger partial charge in [0.25, 0.3) is 0 Å². The van der Waals surface area contributed by atoms with Crippen LogP contribution in [0.2, 0.25) is 5.02 Å². The monoisotopic (exact) mass is 344 g/mol. The molecule has 0 atom stereocenters. The molecule has 1 heterocycles. The second-order valence-corrected chi connectivity index (χ2v) is 6.93. The molecule has 0 spiro atoms. The average molecular weight is 345 g/mol. The largest absolute Gasteiger partial charge is 0.389 e. The lowest BCUT2D eigenvalue weighted by Crippen LogP contribution is -2.23. The third kappa shape index (κ3) is 3.79. The first-order chi connectivity index (χ1) is 9.79. The average Bonchev–Trinajstić information content (AvgIpc) is 2.82. The Morgan fingerprint density at radius 2 is 2.19 bits per heavy atom. The van der Waals surface area contributed by atoms with Crippen LogP contribution in [0.5, 0.6) is 0 Å². The van der Waals surface area contributed by atoms with Crippen molar-refractivity contribution in [2.75, 3.05) is 0 Å². The van der Waals surface area contributed by atoms with Crippen molar-refractivity contribution in [3.8, 4) is 0 Å². The number of aromatic nitrogens is 2. The van der Waals surface area contributed by atoms with Crippen molar-refractivity contribution < 1.29 is 8.42 Å². The van der Waals surface area contributed by atoms with Crippen molar-refractivity contribution in [2.24, 2.45) is 12.8 Å². The number of nitrogens with one attached hydrogen (secondary N) is 1. The Labute approximate surface area is 133 Å². The molecule has 0 aliphatic carbocycles. The van der Waals surface area contributed by atoms with Gasteiger partial charge < -0.3 is 5.73 Å². The van der Waals surface area contributed by atoms with Gasteiger partial charge in [-0.2, -0.15) is 5.10 Å². The van der Waals surface area contributed by atoms with Crippen LogP contribution < -0.4 is 10.5 Å². The predicted molar refractivity (Wildman–Crippen MR) is 84.6 cm³/mol. The molecule has 0 saturated carbocycles. The fourth-order valence-electron chi connectivity index (χ4n) is 1.67. The topological polar surface area (TPSA) is 90.0 Å². The molecular weight excluding hydrogens is 332 g/mol. The number of rotatable bonds is 5. The van der Waals surface area contributed by atoms with Gasteiger partial charge in [-0.15, -0.1) is 0 Å². The maximum Gasteiger partial charge on any atom is 0.240 e. The molecule has 21 heavy (non-hydrogen) atoms. The Balaban J connectivity index is 2.19. The van der Waals surface area contributed by atoms with E-state index in [0.29, 0.717) is 11.3 Å². The van der Waals surface area contributed by atoms with Crippen molar-refractivity contribution in [1.29, 1.82) is 0 Å². The Bertz CT molecular complexity index is 786. The van der Waals surface area contributed by atoms with Crippen LogP contribution in [0.1, 0.15) is 11.3 Å². The van der Waals surface area contributed by atoms with Crippen LogP contribution in [0.15, 0.2) is 35.4 Å². The van der Waals surface area contributed by atoms with Gasteiger partial charge in [0.1, 0.15) is 4.99 Å². The standard InChI is InChI=1S/C12H13ClN4O2S2/c1-17-5-4-8(16-17)7-15-21(18,19)9-2-3-10(12(14)20)11(13)6-9/h2-6,15H,7H2,1H3,(H2,14,20). The molecule has 0 aliphatic heterocycles. The molecule has 112 valence electrons. The van der Waals surface area contributed by atoms with Gasteiger partial charge in [-0.05, 0) is 24.3 Å². The van der Waals surface area contributed by atoms with Gasteiger partial charge in [0.05, 0.1) is 22.2 Å². The van der Waals surface area contributed by atoms with Crippen LogP contribution in [0.4, 0.5) is 0 Å². The third-order valence-electron chi connectivity index (χ3n) is 2.73. The first-order valence-corrected chi connectivity index (χ1v) is 8.14. The van der Waals surface area contributed by atoms with Gasteiger partial charge in [0, 0.05) is 18.8 Å². The lowest BCUT2D eigenvalue weighted by Gasteiger charge is -2.08. The Hall–Kier alpha value is -1.48. The molecule has 0 saturated heterocycles. The highest BCUT2D eigenvalue weighted by Gasteiger charge is 2.16. The van der Waals surface area contributed by atoms with E-state index in [1.54, 1.807) is 24.0 Å². The van der Waals surface area contributed by atoms with Gasteiger partial charge >= 0.3 is 0 Å². The first-order valence-electron chi connectivity index (χ1n) is 5.87. The molecule has 1 aromatic heterocycles. The molecule has 0 unspecified atom stereocenters. The summed E-state index contributed by atoms with van der Waals surface area (Å²) in [6, 6.07) is 5.93. The van der Waals surface area contributed by atoms with Gasteiger partial charge in [-0.3, -0.25) is 4.68 Å². The number of benzene rings is 1. The zero-order chi connectivity index (χ0) is 15.6. The van der Waals surface area contributed by atoms with Crippen LogP contribution in [-0.2, 0) is 23.6 Å².